The van der Waals surface area contributed by atoms with Crippen LogP contribution in [0.15, 0.2) is 28.7 Å². The van der Waals surface area contributed by atoms with Crippen molar-refractivity contribution in [1.29, 1.82) is 5.41 Å². The fourth-order valence-electron chi connectivity index (χ4n) is 1.11. The Labute approximate surface area is 97.1 Å². The molecule has 0 unspecified atom stereocenters. The summed E-state index contributed by atoms with van der Waals surface area (Å²) in [7, 11) is 0. The highest BCUT2D eigenvalue weighted by Crippen LogP contribution is 2.12. The first-order valence-electron chi connectivity index (χ1n) is 4.62. The molecular weight excluding hydrogens is 258 g/mol. The summed E-state index contributed by atoms with van der Waals surface area (Å²) in [5.74, 6) is -0.0774. The highest BCUT2D eigenvalue weighted by Gasteiger charge is 2.09. The van der Waals surface area contributed by atoms with Crippen LogP contribution in [-0.2, 0) is 4.74 Å². The summed E-state index contributed by atoms with van der Waals surface area (Å²) < 4.78 is 5.84. The molecule has 0 aliphatic rings. The average molecular weight is 270 g/mol. The Hall–Kier alpha value is -1.16. The van der Waals surface area contributed by atoms with Gasteiger partial charge in [0.05, 0.1) is 13.0 Å². The highest BCUT2D eigenvalue weighted by molar-refractivity contribution is 9.10. The van der Waals surface area contributed by atoms with Crippen molar-refractivity contribution < 1.29 is 9.53 Å². The molecular formula is C11H12BrNO2. The lowest BCUT2D eigenvalue weighted by Gasteiger charge is -2.04. The second kappa shape index (κ2) is 5.66. The van der Waals surface area contributed by atoms with Gasteiger partial charge in [0, 0.05) is 10.0 Å². The average Bonchev–Trinajstić information content (AvgIpc) is 2.18. The fourth-order valence-corrected chi connectivity index (χ4v) is 1.37. The predicted octanol–water partition coefficient (Wildman–Crippen LogP) is 3.04. The molecule has 0 fully saturated rings. The molecule has 1 rings (SSSR count). The van der Waals surface area contributed by atoms with Crippen molar-refractivity contribution in [2.45, 2.75) is 13.3 Å². The molecule has 0 saturated heterocycles. The van der Waals surface area contributed by atoms with Gasteiger partial charge in [-0.15, -0.1) is 0 Å². The Kier molecular flexibility index (Phi) is 4.49. The van der Waals surface area contributed by atoms with Gasteiger partial charge in [-0.2, -0.15) is 0 Å². The minimum atomic E-state index is -0.0963. The van der Waals surface area contributed by atoms with Gasteiger partial charge >= 0.3 is 0 Å². The largest absolute Gasteiger partial charge is 0.481 e. The third kappa shape index (κ3) is 3.83. The van der Waals surface area contributed by atoms with Crippen molar-refractivity contribution in [2.75, 3.05) is 6.61 Å². The van der Waals surface area contributed by atoms with E-state index >= 15 is 0 Å². The summed E-state index contributed by atoms with van der Waals surface area (Å²) in [5.41, 5.74) is 0.600. The van der Waals surface area contributed by atoms with Gasteiger partial charge in [-0.05, 0) is 19.1 Å². The second-order valence-corrected chi connectivity index (χ2v) is 3.88. The van der Waals surface area contributed by atoms with Gasteiger partial charge in [-0.3, -0.25) is 10.2 Å². The van der Waals surface area contributed by atoms with Crippen molar-refractivity contribution in [2.24, 2.45) is 0 Å². The maximum Gasteiger partial charge on any atom is 0.188 e. The zero-order valence-corrected chi connectivity index (χ0v) is 10.0. The number of carbonyl (C=O) groups excluding carboxylic acids is 1. The van der Waals surface area contributed by atoms with Crippen LogP contribution >= 0.6 is 15.9 Å². The molecule has 1 N–H and O–H groups in total. The van der Waals surface area contributed by atoms with Crippen LogP contribution in [0.1, 0.15) is 23.7 Å². The van der Waals surface area contributed by atoms with Crippen molar-refractivity contribution in [3.05, 3.63) is 34.3 Å². The topological polar surface area (TPSA) is 50.1 Å². The van der Waals surface area contributed by atoms with Crippen molar-refractivity contribution in [3.63, 3.8) is 0 Å². The lowest BCUT2D eigenvalue weighted by Crippen LogP contribution is -2.10. The Balaban J connectivity index is 2.61. The molecule has 0 aliphatic carbocycles. The third-order valence-electron chi connectivity index (χ3n) is 1.81. The van der Waals surface area contributed by atoms with Gasteiger partial charge in [-0.1, -0.05) is 28.1 Å². The van der Waals surface area contributed by atoms with E-state index in [1.807, 2.05) is 0 Å². The van der Waals surface area contributed by atoms with Crippen LogP contribution in [-0.4, -0.2) is 18.3 Å². The van der Waals surface area contributed by atoms with Crippen LogP contribution in [0, 0.1) is 5.41 Å². The van der Waals surface area contributed by atoms with E-state index in [9.17, 15) is 4.79 Å². The normalized spacial score (nSPS) is 9.73. The number of carbonyl (C=O) groups is 1. The third-order valence-corrected chi connectivity index (χ3v) is 2.33. The van der Waals surface area contributed by atoms with E-state index in [2.05, 4.69) is 15.9 Å². The molecule has 1 aromatic rings. The van der Waals surface area contributed by atoms with E-state index in [1.54, 1.807) is 31.2 Å². The molecule has 0 spiro atoms. The molecule has 0 saturated carbocycles. The summed E-state index contributed by atoms with van der Waals surface area (Å²) in [6, 6.07) is 7.06. The maximum absolute atomic E-state index is 11.6. The van der Waals surface area contributed by atoms with Crippen LogP contribution in [0.5, 0.6) is 0 Å². The molecule has 0 bridgehead atoms. The van der Waals surface area contributed by atoms with Gasteiger partial charge in [0.25, 0.3) is 0 Å². The van der Waals surface area contributed by atoms with Crippen LogP contribution in [0.3, 0.4) is 0 Å². The lowest BCUT2D eigenvalue weighted by atomic mass is 10.1. The van der Waals surface area contributed by atoms with Gasteiger partial charge in [0.2, 0.25) is 0 Å². The SMILES string of the molecule is CCOC(=N)CC(=O)c1ccc(Br)cc1. The second-order valence-electron chi connectivity index (χ2n) is 2.96. The van der Waals surface area contributed by atoms with Crippen LogP contribution < -0.4 is 0 Å². The molecule has 15 heavy (non-hydrogen) atoms. The van der Waals surface area contributed by atoms with E-state index in [1.165, 1.54) is 0 Å². The van der Waals surface area contributed by atoms with Gasteiger partial charge in [0.1, 0.15) is 0 Å². The number of hydrogen-bond donors (Lipinski definition) is 1. The number of rotatable bonds is 4. The number of ether oxygens (including phenoxy) is 1. The zero-order chi connectivity index (χ0) is 11.3. The monoisotopic (exact) mass is 269 g/mol. The minimum absolute atomic E-state index is 0.0189. The molecule has 4 heteroatoms. The quantitative estimate of drug-likeness (QED) is 0.519. The Morgan fingerprint density at radius 3 is 2.53 bits per heavy atom. The molecule has 80 valence electrons. The number of ketones is 1. The summed E-state index contributed by atoms with van der Waals surface area (Å²) in [6.45, 7) is 2.21. The zero-order valence-electron chi connectivity index (χ0n) is 8.42. The van der Waals surface area contributed by atoms with E-state index in [0.29, 0.717) is 12.2 Å². The molecule has 0 aromatic heterocycles. The van der Waals surface area contributed by atoms with E-state index in [0.717, 1.165) is 4.47 Å². The first kappa shape index (κ1) is 11.9. The molecule has 0 amide bonds. The molecule has 0 aliphatic heterocycles. The van der Waals surface area contributed by atoms with E-state index in [-0.39, 0.29) is 18.1 Å². The van der Waals surface area contributed by atoms with Gasteiger partial charge < -0.3 is 4.74 Å². The minimum Gasteiger partial charge on any atom is -0.481 e. The summed E-state index contributed by atoms with van der Waals surface area (Å²) >= 11 is 3.29. The number of hydrogen-bond acceptors (Lipinski definition) is 3. The fraction of sp³-hybridized carbons (Fsp3) is 0.273. The Bertz CT molecular complexity index is 359. The Morgan fingerprint density at radius 2 is 2.00 bits per heavy atom. The number of Topliss-reactive ketones (excluding diaryl/α,β-unsaturated/α-hetero) is 1. The van der Waals surface area contributed by atoms with Crippen LogP contribution in [0.2, 0.25) is 0 Å². The first-order chi connectivity index (χ1) is 7.13. The van der Waals surface area contributed by atoms with Crippen LogP contribution in [0.25, 0.3) is 0 Å². The summed E-state index contributed by atoms with van der Waals surface area (Å²) in [6.07, 6.45) is 0.0233. The molecule has 0 atom stereocenters. The van der Waals surface area contributed by atoms with Gasteiger partial charge in [0.15, 0.2) is 11.7 Å². The standard InChI is InChI=1S/C11H12BrNO2/c1-2-15-11(13)7-10(14)8-3-5-9(12)6-4-8/h3-6,13H,2,7H2,1H3. The van der Waals surface area contributed by atoms with Crippen molar-refractivity contribution >= 4 is 27.6 Å². The van der Waals surface area contributed by atoms with E-state index in [4.69, 9.17) is 10.1 Å². The lowest BCUT2D eigenvalue weighted by molar-refractivity contribution is 0.0993. The molecule has 0 radical (unpaired) electrons. The number of benzene rings is 1. The van der Waals surface area contributed by atoms with Gasteiger partial charge in [-0.25, -0.2) is 0 Å². The smallest absolute Gasteiger partial charge is 0.188 e. The number of halogens is 1. The van der Waals surface area contributed by atoms with E-state index < -0.39 is 0 Å². The number of nitrogens with one attached hydrogen (secondary N) is 1. The Morgan fingerprint density at radius 1 is 1.40 bits per heavy atom. The predicted molar refractivity (Wildman–Crippen MR) is 62.4 cm³/mol. The summed E-state index contributed by atoms with van der Waals surface area (Å²) in [5, 5.41) is 7.36. The van der Waals surface area contributed by atoms with Crippen molar-refractivity contribution in [3.8, 4) is 0 Å². The molecule has 1 aromatic carbocycles. The summed E-state index contributed by atoms with van der Waals surface area (Å²) in [4.78, 5) is 11.6. The molecule has 0 heterocycles. The maximum atomic E-state index is 11.6. The van der Waals surface area contributed by atoms with Crippen LogP contribution in [0.4, 0.5) is 0 Å². The highest BCUT2D eigenvalue weighted by atomic mass is 79.9. The molecule has 3 nitrogen and oxygen atoms in total. The first-order valence-corrected chi connectivity index (χ1v) is 5.41. The van der Waals surface area contributed by atoms with Crippen molar-refractivity contribution in [1.82, 2.24) is 0 Å².